The lowest BCUT2D eigenvalue weighted by atomic mass is 9.79. The van der Waals surface area contributed by atoms with Crippen molar-refractivity contribution in [3.05, 3.63) is 114 Å². The minimum absolute atomic E-state index is 0.0809. The Morgan fingerprint density at radius 3 is 2.62 bits per heavy atom. The van der Waals surface area contributed by atoms with Crippen LogP contribution in [-0.4, -0.2) is 16.7 Å². The summed E-state index contributed by atoms with van der Waals surface area (Å²) >= 11 is 0. The highest BCUT2D eigenvalue weighted by molar-refractivity contribution is 6.10. The van der Waals surface area contributed by atoms with Crippen LogP contribution in [0.5, 0.6) is 0 Å². The van der Waals surface area contributed by atoms with Crippen LogP contribution < -0.4 is 4.57 Å². The van der Waals surface area contributed by atoms with Gasteiger partial charge in [0.05, 0.1) is 11.3 Å². The first-order chi connectivity index (χ1) is 21.9. The average molecular weight is 593 g/mol. The second-order valence-electron chi connectivity index (χ2n) is 13.8. The van der Waals surface area contributed by atoms with Crippen molar-refractivity contribution in [2.24, 2.45) is 10.9 Å². The number of fused-ring (bicyclic) bond motifs is 9. The van der Waals surface area contributed by atoms with E-state index in [0.717, 1.165) is 58.6 Å². The molecule has 226 valence electrons. The Balaban J connectivity index is 1.40. The van der Waals surface area contributed by atoms with E-state index < -0.39 is 0 Å². The Morgan fingerprint density at radius 2 is 1.82 bits per heavy atom. The van der Waals surface area contributed by atoms with E-state index in [1.165, 1.54) is 64.8 Å². The maximum Gasteiger partial charge on any atom is 0.227 e. The van der Waals surface area contributed by atoms with E-state index in [4.69, 9.17) is 21.0 Å². The second-order valence-corrected chi connectivity index (χ2v) is 13.8. The molecule has 0 radical (unpaired) electrons. The first-order valence-electron chi connectivity index (χ1n) is 16.8. The lowest BCUT2D eigenvalue weighted by molar-refractivity contribution is -0.572. The van der Waals surface area contributed by atoms with E-state index >= 15 is 0 Å². The third-order valence-electron chi connectivity index (χ3n) is 10.7. The Hall–Kier alpha value is -4.31. The number of hydrogen-bond acceptors (Lipinski definition) is 3. The van der Waals surface area contributed by atoms with Crippen LogP contribution in [0, 0.1) is 12.8 Å². The summed E-state index contributed by atoms with van der Waals surface area (Å²) in [6, 6.07) is 20.0. The van der Waals surface area contributed by atoms with Crippen LogP contribution in [0.2, 0.25) is 0 Å². The lowest BCUT2D eigenvalue weighted by Gasteiger charge is -2.30. The molecule has 5 heterocycles. The number of rotatable bonds is 4. The fraction of sp³-hybridized carbons (Fsp3) is 0.341. The van der Waals surface area contributed by atoms with Crippen molar-refractivity contribution in [2.45, 2.75) is 83.6 Å². The van der Waals surface area contributed by atoms with Gasteiger partial charge in [0.25, 0.3) is 0 Å². The van der Waals surface area contributed by atoms with Crippen LogP contribution in [0.4, 0.5) is 0 Å². The highest BCUT2D eigenvalue weighted by Crippen LogP contribution is 2.42. The van der Waals surface area contributed by atoms with Crippen LogP contribution >= 0.6 is 0 Å². The van der Waals surface area contributed by atoms with Gasteiger partial charge in [0.1, 0.15) is 11.6 Å². The van der Waals surface area contributed by atoms with Gasteiger partial charge in [-0.2, -0.15) is 4.57 Å². The second kappa shape index (κ2) is 10.9. The summed E-state index contributed by atoms with van der Waals surface area (Å²) in [6.45, 7) is 15.7. The summed E-state index contributed by atoms with van der Waals surface area (Å²) in [5, 5.41) is 2.18. The summed E-state index contributed by atoms with van der Waals surface area (Å²) in [7, 11) is 0. The van der Waals surface area contributed by atoms with Gasteiger partial charge >= 0.3 is 0 Å². The number of aliphatic imine (C=N–C) groups is 1. The van der Waals surface area contributed by atoms with Crippen molar-refractivity contribution in [3.8, 4) is 11.3 Å². The Kier molecular flexibility index (Phi) is 6.85. The highest BCUT2D eigenvalue weighted by atomic mass is 16.3. The molecule has 0 amide bonds. The number of allylic oxidation sites excluding steroid dienone is 1. The molecule has 0 saturated heterocycles. The predicted molar refractivity (Wildman–Crippen MR) is 185 cm³/mol. The zero-order chi connectivity index (χ0) is 30.8. The molecule has 5 aromatic rings. The molecule has 45 heavy (non-hydrogen) atoms. The smallest absolute Gasteiger partial charge is 0.227 e. The SMILES string of the molecule is C=CC1=NC2C(=C)[n+]3cc(C(C)C)c(CC4CCCC4)cc3-c3cc4c(cc3CCC2c2ccccc21)oc1nc(C)ccc14. The molecular formula is C41H42N3O+. The van der Waals surface area contributed by atoms with E-state index in [-0.39, 0.29) is 12.0 Å². The number of benzene rings is 2. The van der Waals surface area contributed by atoms with E-state index in [0.29, 0.717) is 11.6 Å². The summed E-state index contributed by atoms with van der Waals surface area (Å²) in [6.07, 6.45) is 12.7. The maximum absolute atomic E-state index is 6.40. The predicted octanol–water partition coefficient (Wildman–Crippen LogP) is 9.66. The van der Waals surface area contributed by atoms with Crippen LogP contribution in [0.3, 0.4) is 0 Å². The van der Waals surface area contributed by atoms with E-state index in [1.807, 2.05) is 13.0 Å². The molecule has 4 heteroatoms. The van der Waals surface area contributed by atoms with Gasteiger partial charge in [-0.25, -0.2) is 4.98 Å². The van der Waals surface area contributed by atoms with Gasteiger partial charge in [-0.3, -0.25) is 4.99 Å². The first kappa shape index (κ1) is 28.2. The first-order valence-corrected chi connectivity index (χ1v) is 16.8. The Labute approximate surface area is 266 Å². The molecule has 1 fully saturated rings. The topological polar surface area (TPSA) is 42.3 Å². The Morgan fingerprint density at radius 1 is 1.00 bits per heavy atom. The molecule has 2 atom stereocenters. The molecule has 1 saturated carbocycles. The molecule has 0 N–H and O–H groups in total. The van der Waals surface area contributed by atoms with Crippen LogP contribution in [-0.2, 0) is 12.8 Å². The third-order valence-corrected chi connectivity index (χ3v) is 10.7. The van der Waals surface area contributed by atoms with Crippen LogP contribution in [0.25, 0.3) is 39.0 Å². The standard InChI is InChI=1S/C41H42N3O/c1-6-37-31-14-10-9-13-30(31)32-18-16-28-21-39-35(33-17-15-25(4)42-41(33)45-39)22-34(28)38-20-29(19-27-11-7-8-12-27)36(24(2)3)23-44(38)26(5)40(32)43-37/h6,9-10,13-15,17,20-24,27,32,40H,1,5,7-8,11-12,16,18-19H2,2-4H3/q+1. The van der Waals surface area contributed by atoms with E-state index in [1.54, 1.807) is 0 Å². The molecule has 2 aromatic carbocycles. The third kappa shape index (κ3) is 4.69. The number of aromatic nitrogens is 2. The summed E-state index contributed by atoms with van der Waals surface area (Å²) < 4.78 is 8.79. The van der Waals surface area contributed by atoms with Crippen molar-refractivity contribution in [2.75, 3.05) is 0 Å². The number of hydrogen-bond donors (Lipinski definition) is 0. The van der Waals surface area contributed by atoms with Crippen molar-refractivity contribution < 1.29 is 8.98 Å². The van der Waals surface area contributed by atoms with Gasteiger partial charge in [-0.15, -0.1) is 0 Å². The normalized spacial score (nSPS) is 19.8. The molecular weight excluding hydrogens is 550 g/mol. The maximum atomic E-state index is 6.40. The van der Waals surface area contributed by atoms with Crippen molar-refractivity contribution in [3.63, 3.8) is 0 Å². The molecule has 0 spiro atoms. The highest BCUT2D eigenvalue weighted by Gasteiger charge is 2.39. The van der Waals surface area contributed by atoms with Gasteiger partial charge in [-0.05, 0) is 91.6 Å². The van der Waals surface area contributed by atoms with Crippen LogP contribution in [0.1, 0.15) is 91.3 Å². The van der Waals surface area contributed by atoms with Crippen molar-refractivity contribution in [1.29, 1.82) is 0 Å². The molecule has 2 unspecified atom stereocenters. The summed E-state index contributed by atoms with van der Waals surface area (Å²) in [4.78, 5) is 10.1. The number of furan rings is 1. The van der Waals surface area contributed by atoms with Crippen molar-refractivity contribution >= 4 is 33.5 Å². The van der Waals surface area contributed by atoms with Gasteiger partial charge in [-0.1, -0.05) is 70.4 Å². The molecule has 0 bridgehead atoms. The minimum atomic E-state index is -0.0809. The molecule has 3 aromatic heterocycles. The Bertz CT molecular complexity index is 2040. The number of nitrogens with zero attached hydrogens (tertiary/aromatic N) is 3. The zero-order valence-electron chi connectivity index (χ0n) is 26.8. The molecule has 3 aliphatic rings. The van der Waals surface area contributed by atoms with E-state index in [2.05, 4.69) is 85.8 Å². The summed E-state index contributed by atoms with van der Waals surface area (Å²) in [5.74, 6) is 1.38. The monoisotopic (exact) mass is 592 g/mol. The van der Waals surface area contributed by atoms with Gasteiger partial charge in [0.2, 0.25) is 17.1 Å². The molecule has 4 nitrogen and oxygen atoms in total. The van der Waals surface area contributed by atoms with Gasteiger partial charge in [0.15, 0.2) is 6.20 Å². The fourth-order valence-corrected chi connectivity index (χ4v) is 8.33. The fourth-order valence-electron chi connectivity index (χ4n) is 8.33. The van der Waals surface area contributed by atoms with E-state index in [9.17, 15) is 0 Å². The van der Waals surface area contributed by atoms with Crippen molar-refractivity contribution in [1.82, 2.24) is 4.98 Å². The minimum Gasteiger partial charge on any atom is -0.438 e. The largest absolute Gasteiger partial charge is 0.438 e. The van der Waals surface area contributed by atoms with Crippen LogP contribution in [0.15, 0.2) is 89.4 Å². The quantitative estimate of drug-likeness (QED) is 0.195. The van der Waals surface area contributed by atoms with Gasteiger partial charge < -0.3 is 4.42 Å². The summed E-state index contributed by atoms with van der Waals surface area (Å²) in [5.41, 5.74) is 13.8. The lowest BCUT2D eigenvalue weighted by Crippen LogP contribution is -2.43. The zero-order valence-corrected chi connectivity index (χ0v) is 26.8. The van der Waals surface area contributed by atoms with Gasteiger partial charge in [0, 0.05) is 39.6 Å². The molecule has 2 aliphatic heterocycles. The molecule has 1 aliphatic carbocycles. The number of pyridine rings is 2. The molecule has 8 rings (SSSR count). The average Bonchev–Trinajstić information content (AvgIpc) is 3.69. The number of aryl methyl sites for hydroxylation is 2.